The van der Waals surface area contributed by atoms with Crippen LogP contribution in [0.1, 0.15) is 39.7 Å². The van der Waals surface area contributed by atoms with Crippen LogP contribution in [0.5, 0.6) is 0 Å². The van der Waals surface area contributed by atoms with Crippen molar-refractivity contribution in [2.45, 2.75) is 45.3 Å². The summed E-state index contributed by atoms with van der Waals surface area (Å²) in [6.07, 6.45) is 0.612. The minimum Gasteiger partial charge on any atom is -0.422 e. The molecule has 1 atom stereocenters. The molecule has 2 aromatic rings. The highest BCUT2D eigenvalue weighted by atomic mass is 16.7. The number of esters is 2. The zero-order valence-corrected chi connectivity index (χ0v) is 14.5. The van der Waals surface area contributed by atoms with Gasteiger partial charge in [0, 0.05) is 19.3 Å². The van der Waals surface area contributed by atoms with E-state index < -0.39 is 29.1 Å². The minimum atomic E-state index is -1.21. The molecule has 0 aromatic heterocycles. The average molecular weight is 326 g/mol. The SMILES string of the molecule is CC[C@@](C)(c1ccc2ccccc2c1)C1C(=O)OC(C)(C)OC1=O. The van der Waals surface area contributed by atoms with E-state index in [0.29, 0.717) is 6.42 Å². The molecular weight excluding hydrogens is 304 g/mol. The second-order valence-corrected chi connectivity index (χ2v) is 7.01. The van der Waals surface area contributed by atoms with Crippen molar-refractivity contribution in [1.29, 1.82) is 0 Å². The summed E-state index contributed by atoms with van der Waals surface area (Å²) in [4.78, 5) is 25.1. The Kier molecular flexibility index (Phi) is 3.86. The number of cyclic esters (lactones) is 2. The van der Waals surface area contributed by atoms with Crippen molar-refractivity contribution >= 4 is 22.7 Å². The van der Waals surface area contributed by atoms with E-state index in [-0.39, 0.29) is 0 Å². The molecule has 24 heavy (non-hydrogen) atoms. The van der Waals surface area contributed by atoms with Crippen molar-refractivity contribution in [3.05, 3.63) is 48.0 Å². The molecule has 126 valence electrons. The van der Waals surface area contributed by atoms with Gasteiger partial charge in [0.05, 0.1) is 0 Å². The van der Waals surface area contributed by atoms with E-state index in [1.165, 1.54) is 0 Å². The Labute approximate surface area is 141 Å². The molecular formula is C20H22O4. The van der Waals surface area contributed by atoms with Crippen molar-refractivity contribution in [2.75, 3.05) is 0 Å². The van der Waals surface area contributed by atoms with Crippen molar-refractivity contribution in [2.24, 2.45) is 5.92 Å². The first kappa shape index (κ1) is 16.5. The molecule has 1 saturated heterocycles. The zero-order chi connectivity index (χ0) is 17.5. The second-order valence-electron chi connectivity index (χ2n) is 7.01. The summed E-state index contributed by atoms with van der Waals surface area (Å²) in [5.41, 5.74) is 0.247. The topological polar surface area (TPSA) is 52.6 Å². The fourth-order valence-corrected chi connectivity index (χ4v) is 3.36. The van der Waals surface area contributed by atoms with E-state index in [1.807, 2.05) is 56.3 Å². The van der Waals surface area contributed by atoms with E-state index in [1.54, 1.807) is 13.8 Å². The maximum absolute atomic E-state index is 12.5. The molecule has 0 saturated carbocycles. The quantitative estimate of drug-likeness (QED) is 0.633. The average Bonchev–Trinajstić information content (AvgIpc) is 2.52. The monoisotopic (exact) mass is 326 g/mol. The van der Waals surface area contributed by atoms with Gasteiger partial charge in [0.1, 0.15) is 0 Å². The van der Waals surface area contributed by atoms with E-state index in [9.17, 15) is 9.59 Å². The van der Waals surface area contributed by atoms with Crippen LogP contribution < -0.4 is 0 Å². The highest BCUT2D eigenvalue weighted by molar-refractivity contribution is 5.98. The number of ether oxygens (including phenoxy) is 2. The molecule has 0 spiro atoms. The fraction of sp³-hybridized carbons (Fsp3) is 0.400. The minimum absolute atomic E-state index is 0.520. The maximum Gasteiger partial charge on any atom is 0.324 e. The van der Waals surface area contributed by atoms with Gasteiger partial charge < -0.3 is 9.47 Å². The van der Waals surface area contributed by atoms with Crippen molar-refractivity contribution in [3.8, 4) is 0 Å². The highest BCUT2D eigenvalue weighted by Gasteiger charge is 2.52. The molecule has 0 unspecified atom stereocenters. The third kappa shape index (κ3) is 2.66. The van der Waals surface area contributed by atoms with Crippen LogP contribution in [-0.4, -0.2) is 17.7 Å². The van der Waals surface area contributed by atoms with Crippen LogP contribution >= 0.6 is 0 Å². The van der Waals surface area contributed by atoms with Gasteiger partial charge in [-0.2, -0.15) is 0 Å². The summed E-state index contributed by atoms with van der Waals surface area (Å²) in [5, 5.41) is 2.20. The van der Waals surface area contributed by atoms with Gasteiger partial charge in [-0.1, -0.05) is 56.3 Å². The van der Waals surface area contributed by atoms with Gasteiger partial charge in [0.2, 0.25) is 0 Å². The zero-order valence-electron chi connectivity index (χ0n) is 14.5. The van der Waals surface area contributed by atoms with Gasteiger partial charge in [0.15, 0.2) is 5.92 Å². The van der Waals surface area contributed by atoms with Gasteiger partial charge in [-0.05, 0) is 22.8 Å². The molecule has 1 aliphatic rings. The normalized spacial score (nSPS) is 20.3. The van der Waals surface area contributed by atoms with E-state index in [0.717, 1.165) is 16.3 Å². The Morgan fingerprint density at radius 2 is 1.58 bits per heavy atom. The Bertz CT molecular complexity index is 788. The third-order valence-corrected chi connectivity index (χ3v) is 4.94. The number of hydrogen-bond donors (Lipinski definition) is 0. The van der Waals surface area contributed by atoms with Crippen LogP contribution in [-0.2, 0) is 24.5 Å². The van der Waals surface area contributed by atoms with Crippen LogP contribution in [0.2, 0.25) is 0 Å². The molecule has 4 nitrogen and oxygen atoms in total. The molecule has 4 heteroatoms. The van der Waals surface area contributed by atoms with Crippen molar-refractivity contribution in [1.82, 2.24) is 0 Å². The summed E-state index contributed by atoms with van der Waals surface area (Å²) >= 11 is 0. The van der Waals surface area contributed by atoms with Crippen LogP contribution in [0, 0.1) is 5.92 Å². The number of rotatable bonds is 3. The molecule has 0 amide bonds. The first-order valence-electron chi connectivity index (χ1n) is 8.22. The number of benzene rings is 2. The second kappa shape index (κ2) is 5.62. The third-order valence-electron chi connectivity index (χ3n) is 4.94. The van der Waals surface area contributed by atoms with E-state index >= 15 is 0 Å². The number of carbonyl (C=O) groups is 2. The van der Waals surface area contributed by atoms with Gasteiger partial charge in [-0.3, -0.25) is 9.59 Å². The smallest absolute Gasteiger partial charge is 0.324 e. The molecule has 2 aromatic carbocycles. The van der Waals surface area contributed by atoms with Crippen LogP contribution in [0.4, 0.5) is 0 Å². The molecule has 0 aliphatic carbocycles. The molecule has 1 fully saturated rings. The lowest BCUT2D eigenvalue weighted by atomic mass is 9.69. The lowest BCUT2D eigenvalue weighted by Crippen LogP contribution is -2.53. The predicted octanol–water partition coefficient (Wildman–Crippen LogP) is 3.96. The van der Waals surface area contributed by atoms with Gasteiger partial charge in [-0.25, -0.2) is 0 Å². The van der Waals surface area contributed by atoms with Gasteiger partial charge in [0.25, 0.3) is 5.79 Å². The lowest BCUT2D eigenvalue weighted by molar-refractivity contribution is -0.243. The molecule has 0 N–H and O–H groups in total. The molecule has 1 aliphatic heterocycles. The maximum atomic E-state index is 12.5. The van der Waals surface area contributed by atoms with Gasteiger partial charge in [-0.15, -0.1) is 0 Å². The largest absolute Gasteiger partial charge is 0.422 e. The number of hydrogen-bond acceptors (Lipinski definition) is 4. The Hall–Kier alpha value is -2.36. The van der Waals surface area contributed by atoms with E-state index in [4.69, 9.17) is 9.47 Å². The van der Waals surface area contributed by atoms with Crippen molar-refractivity contribution in [3.63, 3.8) is 0 Å². The van der Waals surface area contributed by atoms with Crippen LogP contribution in [0.3, 0.4) is 0 Å². The molecule has 3 rings (SSSR count). The first-order chi connectivity index (χ1) is 11.3. The van der Waals surface area contributed by atoms with Crippen LogP contribution in [0.15, 0.2) is 42.5 Å². The Morgan fingerprint density at radius 1 is 1.00 bits per heavy atom. The molecule has 0 bridgehead atoms. The fourth-order valence-electron chi connectivity index (χ4n) is 3.36. The summed E-state index contributed by atoms with van der Waals surface area (Å²) in [7, 11) is 0. The lowest BCUT2D eigenvalue weighted by Gasteiger charge is -2.41. The molecule has 0 radical (unpaired) electrons. The number of carbonyl (C=O) groups excluding carboxylic acids is 2. The summed E-state index contributed by atoms with van der Waals surface area (Å²) in [6.45, 7) is 7.02. The summed E-state index contributed by atoms with van der Waals surface area (Å²) < 4.78 is 10.7. The first-order valence-corrected chi connectivity index (χ1v) is 8.22. The standard InChI is InChI=1S/C20H22O4/c1-5-20(4,16-17(21)23-19(2,3)24-18(16)22)15-11-10-13-8-6-7-9-14(13)12-15/h6-12,16H,5H2,1-4H3/t20-/m0/s1. The Morgan fingerprint density at radius 3 is 2.17 bits per heavy atom. The van der Waals surface area contributed by atoms with E-state index in [2.05, 4.69) is 0 Å². The van der Waals surface area contributed by atoms with Crippen LogP contribution in [0.25, 0.3) is 10.8 Å². The summed E-state index contributed by atoms with van der Waals surface area (Å²) in [5.74, 6) is -3.21. The predicted molar refractivity (Wildman–Crippen MR) is 91.3 cm³/mol. The Balaban J connectivity index is 2.07. The van der Waals surface area contributed by atoms with Gasteiger partial charge >= 0.3 is 11.9 Å². The number of fused-ring (bicyclic) bond motifs is 1. The summed E-state index contributed by atoms with van der Waals surface area (Å²) in [6, 6.07) is 14.1. The molecule has 1 heterocycles. The van der Waals surface area contributed by atoms with Crippen molar-refractivity contribution < 1.29 is 19.1 Å². The highest BCUT2D eigenvalue weighted by Crippen LogP contribution is 2.41.